The lowest BCUT2D eigenvalue weighted by atomic mass is 9.73. The Hall–Kier alpha value is -2.20. The summed E-state index contributed by atoms with van der Waals surface area (Å²) in [5.74, 6) is 0.448. The van der Waals surface area contributed by atoms with Crippen LogP contribution in [0.15, 0.2) is 48.5 Å². The van der Waals surface area contributed by atoms with Gasteiger partial charge in [0.25, 0.3) is 5.91 Å². The molecule has 0 aliphatic carbocycles. The Morgan fingerprint density at radius 2 is 1.83 bits per heavy atom. The number of carbonyl (C=O) groups excluding carboxylic acids is 1. The van der Waals surface area contributed by atoms with Crippen molar-refractivity contribution in [3.8, 4) is 0 Å². The molecule has 0 radical (unpaired) electrons. The molecule has 0 saturated carbocycles. The maximum Gasteiger partial charge on any atom is 0.257 e. The molecule has 2 aromatic rings. The minimum Gasteiger partial charge on any atom is -0.338 e. The number of halogens is 1. The highest BCUT2D eigenvalue weighted by molar-refractivity contribution is 5.96. The SMILES string of the molecule is Cc1cccc(F)c1C(=O)N1C[C@@H]2C[C@H](C1)[C@@H]1CCC[C@H](c3ccccc3)N1C2. The lowest BCUT2D eigenvalue weighted by Gasteiger charge is -2.55. The lowest BCUT2D eigenvalue weighted by molar-refractivity contribution is -0.0512. The van der Waals surface area contributed by atoms with Crippen LogP contribution in [0.5, 0.6) is 0 Å². The van der Waals surface area contributed by atoms with Gasteiger partial charge in [-0.3, -0.25) is 9.69 Å². The molecule has 2 aromatic carbocycles. The molecule has 3 nitrogen and oxygen atoms in total. The molecule has 3 fully saturated rings. The van der Waals surface area contributed by atoms with Crippen LogP contribution in [-0.2, 0) is 0 Å². The second kappa shape index (κ2) is 7.56. The number of fused-ring (bicyclic) bond motifs is 4. The molecule has 0 aromatic heterocycles. The van der Waals surface area contributed by atoms with Crippen LogP contribution < -0.4 is 0 Å². The second-order valence-electron chi connectivity index (χ2n) is 9.13. The first-order valence-corrected chi connectivity index (χ1v) is 11.0. The molecular formula is C25H29FN2O. The third-order valence-electron chi connectivity index (χ3n) is 7.29. The molecule has 2 bridgehead atoms. The Labute approximate surface area is 172 Å². The topological polar surface area (TPSA) is 23.6 Å². The smallest absolute Gasteiger partial charge is 0.257 e. The fourth-order valence-electron chi connectivity index (χ4n) is 6.07. The zero-order valence-corrected chi connectivity index (χ0v) is 17.1. The van der Waals surface area contributed by atoms with Crippen LogP contribution in [0.3, 0.4) is 0 Å². The van der Waals surface area contributed by atoms with E-state index in [0.29, 0.717) is 23.9 Å². The van der Waals surface area contributed by atoms with E-state index >= 15 is 0 Å². The van der Waals surface area contributed by atoms with Gasteiger partial charge in [-0.2, -0.15) is 0 Å². The zero-order valence-electron chi connectivity index (χ0n) is 17.1. The van der Waals surface area contributed by atoms with Crippen LogP contribution in [-0.4, -0.2) is 41.4 Å². The quantitative estimate of drug-likeness (QED) is 0.731. The molecule has 0 unspecified atom stereocenters. The molecular weight excluding hydrogens is 363 g/mol. The minimum atomic E-state index is -0.394. The first-order valence-electron chi connectivity index (χ1n) is 11.0. The van der Waals surface area contributed by atoms with E-state index in [1.165, 1.54) is 37.3 Å². The highest BCUT2D eigenvalue weighted by Gasteiger charge is 2.46. The van der Waals surface area contributed by atoms with Gasteiger partial charge in [-0.1, -0.05) is 42.5 Å². The molecule has 0 spiro atoms. The van der Waals surface area contributed by atoms with Crippen LogP contribution in [0.4, 0.5) is 4.39 Å². The third kappa shape index (κ3) is 3.38. The van der Waals surface area contributed by atoms with E-state index in [4.69, 9.17) is 0 Å². The summed E-state index contributed by atoms with van der Waals surface area (Å²) in [6, 6.07) is 16.8. The maximum atomic E-state index is 14.4. The predicted octanol–water partition coefficient (Wildman–Crippen LogP) is 4.82. The van der Waals surface area contributed by atoms with Gasteiger partial charge in [-0.25, -0.2) is 4.39 Å². The molecule has 4 heteroatoms. The molecule has 0 N–H and O–H groups in total. The van der Waals surface area contributed by atoms with Gasteiger partial charge >= 0.3 is 0 Å². The van der Waals surface area contributed by atoms with E-state index in [1.54, 1.807) is 6.07 Å². The summed E-state index contributed by atoms with van der Waals surface area (Å²) < 4.78 is 14.4. The van der Waals surface area contributed by atoms with Crippen molar-refractivity contribution < 1.29 is 9.18 Å². The predicted molar refractivity (Wildman–Crippen MR) is 112 cm³/mol. The monoisotopic (exact) mass is 392 g/mol. The first kappa shape index (κ1) is 18.8. The van der Waals surface area contributed by atoms with Gasteiger partial charge in [0.1, 0.15) is 5.82 Å². The molecule has 3 heterocycles. The summed E-state index contributed by atoms with van der Waals surface area (Å²) in [7, 11) is 0. The van der Waals surface area contributed by atoms with E-state index < -0.39 is 5.82 Å². The number of nitrogens with zero attached hydrogens (tertiary/aromatic N) is 2. The highest BCUT2D eigenvalue weighted by atomic mass is 19.1. The van der Waals surface area contributed by atoms with Crippen molar-refractivity contribution in [2.45, 2.75) is 44.7 Å². The summed E-state index contributed by atoms with van der Waals surface area (Å²) >= 11 is 0. The van der Waals surface area contributed by atoms with E-state index in [2.05, 4.69) is 35.2 Å². The van der Waals surface area contributed by atoms with E-state index in [-0.39, 0.29) is 11.5 Å². The minimum absolute atomic E-state index is 0.126. The van der Waals surface area contributed by atoms with Crippen molar-refractivity contribution in [1.29, 1.82) is 0 Å². The Kier molecular flexibility index (Phi) is 4.91. The summed E-state index contributed by atoms with van der Waals surface area (Å²) in [5, 5.41) is 0. The summed E-state index contributed by atoms with van der Waals surface area (Å²) in [6.45, 7) is 4.37. The lowest BCUT2D eigenvalue weighted by Crippen LogP contribution is -2.60. The number of aryl methyl sites for hydroxylation is 1. The van der Waals surface area contributed by atoms with Crippen LogP contribution in [0.25, 0.3) is 0 Å². The Morgan fingerprint density at radius 3 is 2.62 bits per heavy atom. The number of carbonyl (C=O) groups is 1. The largest absolute Gasteiger partial charge is 0.338 e. The van der Waals surface area contributed by atoms with Gasteiger partial charge in [0.15, 0.2) is 0 Å². The van der Waals surface area contributed by atoms with E-state index in [0.717, 1.165) is 25.2 Å². The van der Waals surface area contributed by atoms with Crippen molar-refractivity contribution >= 4 is 5.91 Å². The number of hydrogen-bond acceptors (Lipinski definition) is 2. The maximum absolute atomic E-state index is 14.4. The third-order valence-corrected chi connectivity index (χ3v) is 7.29. The number of amides is 1. The molecule has 4 atom stereocenters. The Balaban J connectivity index is 1.38. The summed E-state index contributed by atoms with van der Waals surface area (Å²) in [4.78, 5) is 17.9. The molecule has 152 valence electrons. The average molecular weight is 393 g/mol. The molecule has 3 saturated heterocycles. The molecule has 29 heavy (non-hydrogen) atoms. The van der Waals surface area contributed by atoms with Crippen molar-refractivity contribution in [3.05, 3.63) is 71.0 Å². The van der Waals surface area contributed by atoms with Crippen LogP contribution in [0, 0.1) is 24.6 Å². The van der Waals surface area contributed by atoms with Gasteiger partial charge in [0.05, 0.1) is 5.56 Å². The average Bonchev–Trinajstić information content (AvgIpc) is 2.73. The normalized spacial score (nSPS) is 29.4. The molecule has 3 aliphatic heterocycles. The van der Waals surface area contributed by atoms with Gasteiger partial charge in [0.2, 0.25) is 0 Å². The Morgan fingerprint density at radius 1 is 1.00 bits per heavy atom. The molecule has 5 rings (SSSR count). The van der Waals surface area contributed by atoms with Crippen molar-refractivity contribution in [2.75, 3.05) is 19.6 Å². The highest BCUT2D eigenvalue weighted by Crippen LogP contribution is 2.44. The summed E-state index contributed by atoms with van der Waals surface area (Å²) in [6.07, 6.45) is 4.86. The van der Waals surface area contributed by atoms with Crippen LogP contribution >= 0.6 is 0 Å². The fourth-order valence-corrected chi connectivity index (χ4v) is 6.07. The number of piperidine rings is 3. The standard InChI is InChI=1S/C25H29FN2O/c1-17-7-5-10-21(26)24(17)25(29)27-14-18-13-20(16-27)23-12-6-11-22(28(23)15-18)19-8-3-2-4-9-19/h2-5,7-10,18,20,22-23H,6,11-16H2,1H3/t18-,20+,22+,23-/m0/s1. The van der Waals surface area contributed by atoms with E-state index in [1.807, 2.05) is 17.9 Å². The fraction of sp³-hybridized carbons (Fsp3) is 0.480. The van der Waals surface area contributed by atoms with Gasteiger partial charge < -0.3 is 4.90 Å². The van der Waals surface area contributed by atoms with Gasteiger partial charge in [-0.15, -0.1) is 0 Å². The van der Waals surface area contributed by atoms with Crippen LogP contribution in [0.1, 0.15) is 53.2 Å². The second-order valence-corrected chi connectivity index (χ2v) is 9.13. The Bertz CT molecular complexity index is 879. The number of benzene rings is 2. The number of hydrogen-bond donors (Lipinski definition) is 0. The van der Waals surface area contributed by atoms with Crippen molar-refractivity contribution in [1.82, 2.24) is 9.80 Å². The van der Waals surface area contributed by atoms with Crippen molar-refractivity contribution in [3.63, 3.8) is 0 Å². The first-order chi connectivity index (χ1) is 14.1. The molecule has 1 amide bonds. The number of rotatable bonds is 2. The van der Waals surface area contributed by atoms with Crippen LogP contribution in [0.2, 0.25) is 0 Å². The van der Waals surface area contributed by atoms with Gasteiger partial charge in [-0.05, 0) is 61.6 Å². The van der Waals surface area contributed by atoms with Crippen molar-refractivity contribution in [2.24, 2.45) is 11.8 Å². The molecule has 3 aliphatic rings. The summed E-state index contributed by atoms with van der Waals surface area (Å²) in [5.41, 5.74) is 2.41. The van der Waals surface area contributed by atoms with Gasteiger partial charge in [0, 0.05) is 31.7 Å². The number of likely N-dealkylation sites (tertiary alicyclic amines) is 1. The van der Waals surface area contributed by atoms with E-state index in [9.17, 15) is 9.18 Å². The zero-order chi connectivity index (χ0) is 20.0.